The summed E-state index contributed by atoms with van der Waals surface area (Å²) >= 11 is 0. The minimum atomic E-state index is -1.13. The summed E-state index contributed by atoms with van der Waals surface area (Å²) in [6.07, 6.45) is 61.9. The first-order valence-corrected chi connectivity index (χ1v) is 25.6. The molecular formula is C45H95P. The zero-order valence-electron chi connectivity index (χ0n) is 33.5. The van der Waals surface area contributed by atoms with Crippen molar-refractivity contribution in [2.45, 2.75) is 265 Å². The monoisotopic (exact) mass is 667 g/mol. The summed E-state index contributed by atoms with van der Waals surface area (Å²) in [6.45, 7) is 9.39. The van der Waals surface area contributed by atoms with Crippen molar-refractivity contribution >= 4 is 7.26 Å². The molecule has 0 nitrogen and oxygen atoms in total. The molecule has 280 valence electrons. The second-order valence-corrected chi connectivity index (χ2v) is 21.2. The molecule has 0 saturated heterocycles. The fraction of sp³-hybridized carbons (Fsp3) is 1.00. The Kier molecular flexibility index (Phi) is 40.2. The van der Waals surface area contributed by atoms with Crippen LogP contribution in [0, 0.1) is 0 Å². The quantitative estimate of drug-likeness (QED) is 0.0450. The SMILES string of the molecule is CCCCCCCCCCCCC[PH](CCCCCC)(CCCCCCCCCCCCC)CCCCCCCCCCCCC. The minimum absolute atomic E-state index is 1.13. The van der Waals surface area contributed by atoms with Crippen molar-refractivity contribution in [2.75, 3.05) is 24.6 Å². The summed E-state index contributed by atoms with van der Waals surface area (Å²) in [6, 6.07) is 0. The maximum absolute atomic E-state index is 2.40. The summed E-state index contributed by atoms with van der Waals surface area (Å²) in [7, 11) is -1.13. The predicted molar refractivity (Wildman–Crippen MR) is 221 cm³/mol. The number of hydrogen-bond donors (Lipinski definition) is 0. The fourth-order valence-electron chi connectivity index (χ4n) is 8.17. The first-order valence-electron chi connectivity index (χ1n) is 22.7. The molecule has 0 unspecified atom stereocenters. The number of rotatable bonds is 41. The van der Waals surface area contributed by atoms with E-state index in [4.69, 9.17) is 0 Å². The van der Waals surface area contributed by atoms with Gasteiger partial charge in [0.2, 0.25) is 0 Å². The molecule has 0 saturated carbocycles. The van der Waals surface area contributed by atoms with Crippen molar-refractivity contribution in [2.24, 2.45) is 0 Å². The summed E-state index contributed by atoms with van der Waals surface area (Å²) in [5.74, 6) is 0. The van der Waals surface area contributed by atoms with Gasteiger partial charge in [0, 0.05) is 0 Å². The third-order valence-electron chi connectivity index (χ3n) is 11.5. The Balaban J connectivity index is 4.64. The Morgan fingerprint density at radius 3 is 0.478 bits per heavy atom. The molecule has 1 heteroatoms. The molecule has 0 heterocycles. The van der Waals surface area contributed by atoms with Crippen LogP contribution >= 0.6 is 7.26 Å². The molecule has 0 aromatic carbocycles. The standard InChI is InChI=1S/C45H95P/c1-5-9-13-17-20-23-26-29-32-35-39-43-46(42-38-16-12-8-4,44-40-36-33-30-27-24-21-18-14-10-6-2)45-41-37-34-31-28-25-22-19-15-11-7-3/h46H,5-45H2,1-4H3. The van der Waals surface area contributed by atoms with Gasteiger partial charge in [0.05, 0.1) is 0 Å². The molecule has 0 N–H and O–H groups in total. The van der Waals surface area contributed by atoms with E-state index in [2.05, 4.69) is 27.7 Å². The minimum Gasteiger partial charge on any atom is -0.0654 e. The van der Waals surface area contributed by atoms with E-state index in [0.717, 1.165) is 0 Å². The Morgan fingerprint density at radius 1 is 0.174 bits per heavy atom. The number of hydrogen-bond acceptors (Lipinski definition) is 0. The van der Waals surface area contributed by atoms with Crippen LogP contribution in [-0.2, 0) is 0 Å². The van der Waals surface area contributed by atoms with Crippen LogP contribution in [0.4, 0.5) is 0 Å². The van der Waals surface area contributed by atoms with Crippen molar-refractivity contribution in [1.29, 1.82) is 0 Å². The molecule has 0 bridgehead atoms. The fourth-order valence-corrected chi connectivity index (χ4v) is 13.7. The van der Waals surface area contributed by atoms with Gasteiger partial charge in [-0.3, -0.25) is 0 Å². The van der Waals surface area contributed by atoms with Gasteiger partial charge in [0.1, 0.15) is 0 Å². The van der Waals surface area contributed by atoms with E-state index in [1.54, 1.807) is 50.3 Å². The number of unbranched alkanes of at least 4 members (excludes halogenated alkanes) is 33. The van der Waals surface area contributed by atoms with Gasteiger partial charge in [-0.25, -0.2) is 0 Å². The van der Waals surface area contributed by atoms with E-state index in [9.17, 15) is 0 Å². The second-order valence-electron chi connectivity index (χ2n) is 16.2. The maximum atomic E-state index is 2.40. The van der Waals surface area contributed by atoms with Gasteiger partial charge in [0.25, 0.3) is 0 Å². The summed E-state index contributed by atoms with van der Waals surface area (Å²) in [4.78, 5) is 0. The Morgan fingerprint density at radius 2 is 0.304 bits per heavy atom. The van der Waals surface area contributed by atoms with Crippen LogP contribution in [-0.4, -0.2) is 24.6 Å². The van der Waals surface area contributed by atoms with Crippen molar-refractivity contribution in [3.05, 3.63) is 0 Å². The van der Waals surface area contributed by atoms with Crippen LogP contribution in [0.1, 0.15) is 265 Å². The molecule has 0 aliphatic carbocycles. The van der Waals surface area contributed by atoms with E-state index < -0.39 is 7.26 Å². The van der Waals surface area contributed by atoms with Gasteiger partial charge in [-0.05, 0) is 0 Å². The molecule has 0 aromatic rings. The third-order valence-corrected chi connectivity index (χ3v) is 17.1. The van der Waals surface area contributed by atoms with E-state index in [1.807, 2.05) is 0 Å². The van der Waals surface area contributed by atoms with E-state index >= 15 is 0 Å². The van der Waals surface area contributed by atoms with Crippen molar-refractivity contribution < 1.29 is 0 Å². The normalized spacial score (nSPS) is 12.3. The second kappa shape index (κ2) is 39.9. The Labute approximate surface area is 296 Å². The first kappa shape index (κ1) is 46.4. The van der Waals surface area contributed by atoms with Gasteiger partial charge in [-0.15, -0.1) is 0 Å². The average Bonchev–Trinajstić information content (AvgIpc) is 3.07. The molecule has 0 aliphatic rings. The topological polar surface area (TPSA) is 0 Å². The van der Waals surface area contributed by atoms with Crippen LogP contribution in [0.25, 0.3) is 0 Å². The van der Waals surface area contributed by atoms with Gasteiger partial charge in [0.15, 0.2) is 0 Å². The van der Waals surface area contributed by atoms with Gasteiger partial charge in [-0.2, -0.15) is 0 Å². The molecular weight excluding hydrogens is 571 g/mol. The summed E-state index contributed by atoms with van der Waals surface area (Å²) in [5, 5.41) is 0. The van der Waals surface area contributed by atoms with Crippen molar-refractivity contribution in [1.82, 2.24) is 0 Å². The molecule has 0 spiro atoms. The summed E-state index contributed by atoms with van der Waals surface area (Å²) < 4.78 is 0. The van der Waals surface area contributed by atoms with Gasteiger partial charge < -0.3 is 0 Å². The van der Waals surface area contributed by atoms with Crippen LogP contribution in [0.5, 0.6) is 0 Å². The van der Waals surface area contributed by atoms with Crippen molar-refractivity contribution in [3.63, 3.8) is 0 Å². The molecule has 0 radical (unpaired) electrons. The van der Waals surface area contributed by atoms with Crippen LogP contribution in [0.15, 0.2) is 0 Å². The predicted octanol–water partition coefficient (Wildman–Crippen LogP) is 17.2. The molecule has 0 fully saturated rings. The molecule has 0 aliphatic heterocycles. The Hall–Kier alpha value is 0.430. The molecule has 0 atom stereocenters. The van der Waals surface area contributed by atoms with E-state index in [0.29, 0.717) is 0 Å². The molecule has 46 heavy (non-hydrogen) atoms. The van der Waals surface area contributed by atoms with Crippen LogP contribution in [0.3, 0.4) is 0 Å². The molecule has 0 rings (SSSR count). The zero-order chi connectivity index (χ0) is 33.5. The zero-order valence-corrected chi connectivity index (χ0v) is 34.5. The molecule has 0 aromatic heterocycles. The smallest absolute Gasteiger partial charge is 0.0654 e. The van der Waals surface area contributed by atoms with E-state index in [-0.39, 0.29) is 0 Å². The van der Waals surface area contributed by atoms with E-state index in [1.165, 1.54) is 212 Å². The third kappa shape index (κ3) is 34.3. The van der Waals surface area contributed by atoms with Crippen molar-refractivity contribution in [3.8, 4) is 0 Å². The average molecular weight is 667 g/mol. The molecule has 0 amide bonds. The van der Waals surface area contributed by atoms with Gasteiger partial charge in [-0.1, -0.05) is 20.8 Å². The summed E-state index contributed by atoms with van der Waals surface area (Å²) in [5.41, 5.74) is 0. The van der Waals surface area contributed by atoms with Crippen LogP contribution < -0.4 is 0 Å². The Bertz CT molecular complexity index is 463. The van der Waals surface area contributed by atoms with Gasteiger partial charge >= 0.3 is 276 Å². The van der Waals surface area contributed by atoms with Crippen LogP contribution in [0.2, 0.25) is 0 Å². The first-order chi connectivity index (χ1) is 22.7.